The van der Waals surface area contributed by atoms with Crippen molar-refractivity contribution in [3.63, 3.8) is 0 Å². The first-order valence-corrected chi connectivity index (χ1v) is 7.08. The van der Waals surface area contributed by atoms with Crippen LogP contribution >= 0.6 is 0 Å². The van der Waals surface area contributed by atoms with E-state index in [-0.39, 0.29) is 5.91 Å². The van der Waals surface area contributed by atoms with Gasteiger partial charge in [0, 0.05) is 17.9 Å². The normalized spacial score (nSPS) is 10.1. The SMILES string of the molecule is C=CCNC(=O)c1cc(C)nc(Nc2ccc(C)cc2C)n1. The second-order valence-electron chi connectivity index (χ2n) is 5.16. The molecule has 5 heteroatoms. The van der Waals surface area contributed by atoms with E-state index in [0.717, 1.165) is 16.9 Å². The first kappa shape index (κ1) is 15.7. The molecule has 0 saturated carbocycles. The minimum atomic E-state index is -0.242. The topological polar surface area (TPSA) is 66.9 Å². The van der Waals surface area contributed by atoms with Crippen LogP contribution in [-0.4, -0.2) is 22.4 Å². The van der Waals surface area contributed by atoms with Gasteiger partial charge in [0.1, 0.15) is 5.69 Å². The van der Waals surface area contributed by atoms with E-state index in [2.05, 4.69) is 33.2 Å². The van der Waals surface area contributed by atoms with Gasteiger partial charge in [-0.25, -0.2) is 9.97 Å². The highest BCUT2D eigenvalue weighted by Crippen LogP contribution is 2.19. The van der Waals surface area contributed by atoms with Crippen LogP contribution in [0.1, 0.15) is 27.3 Å². The zero-order chi connectivity index (χ0) is 16.1. The standard InChI is InChI=1S/C17H20N4O/c1-5-8-18-16(22)15-10-13(4)19-17(21-15)20-14-7-6-11(2)9-12(14)3/h5-7,9-10H,1,8H2,2-4H3,(H,18,22)(H,19,20,21). The summed E-state index contributed by atoms with van der Waals surface area (Å²) in [5.41, 5.74) is 4.28. The Morgan fingerprint density at radius 3 is 2.68 bits per heavy atom. The predicted octanol–water partition coefficient (Wildman–Crippen LogP) is 3.06. The number of nitrogens with one attached hydrogen (secondary N) is 2. The van der Waals surface area contributed by atoms with Crippen molar-refractivity contribution >= 4 is 17.5 Å². The number of aromatic nitrogens is 2. The molecule has 0 aliphatic carbocycles. The number of rotatable bonds is 5. The van der Waals surface area contributed by atoms with Crippen molar-refractivity contribution in [3.8, 4) is 0 Å². The second-order valence-corrected chi connectivity index (χ2v) is 5.16. The average molecular weight is 296 g/mol. The summed E-state index contributed by atoms with van der Waals surface area (Å²) >= 11 is 0. The Morgan fingerprint density at radius 1 is 1.23 bits per heavy atom. The molecule has 0 saturated heterocycles. The van der Waals surface area contributed by atoms with Gasteiger partial charge in [0.05, 0.1) is 0 Å². The van der Waals surface area contributed by atoms with E-state index in [1.54, 1.807) is 12.1 Å². The van der Waals surface area contributed by atoms with Gasteiger partial charge in [-0.05, 0) is 38.5 Å². The number of nitrogens with zero attached hydrogens (tertiary/aromatic N) is 2. The summed E-state index contributed by atoms with van der Waals surface area (Å²) in [5.74, 6) is 0.171. The fourth-order valence-corrected chi connectivity index (χ4v) is 2.07. The Hall–Kier alpha value is -2.69. The maximum Gasteiger partial charge on any atom is 0.270 e. The van der Waals surface area contributed by atoms with E-state index in [1.807, 2.05) is 32.9 Å². The number of anilines is 2. The summed E-state index contributed by atoms with van der Waals surface area (Å²) in [7, 11) is 0. The number of aryl methyl sites for hydroxylation is 3. The molecule has 0 spiro atoms. The molecule has 1 heterocycles. The molecule has 0 fully saturated rings. The van der Waals surface area contributed by atoms with Crippen molar-refractivity contribution in [2.45, 2.75) is 20.8 Å². The summed E-state index contributed by atoms with van der Waals surface area (Å²) < 4.78 is 0. The molecule has 1 aromatic carbocycles. The molecule has 0 unspecified atom stereocenters. The van der Waals surface area contributed by atoms with Crippen LogP contribution in [0, 0.1) is 20.8 Å². The van der Waals surface area contributed by atoms with Gasteiger partial charge in [-0.2, -0.15) is 0 Å². The minimum absolute atomic E-state index is 0.242. The fraction of sp³-hybridized carbons (Fsp3) is 0.235. The first-order valence-electron chi connectivity index (χ1n) is 7.08. The molecule has 1 aromatic heterocycles. The molecule has 0 radical (unpaired) electrons. The van der Waals surface area contributed by atoms with Gasteiger partial charge < -0.3 is 10.6 Å². The van der Waals surface area contributed by atoms with Crippen LogP contribution in [0.3, 0.4) is 0 Å². The molecule has 2 rings (SSSR count). The number of amides is 1. The Kier molecular flexibility index (Phi) is 4.88. The molecule has 114 valence electrons. The van der Waals surface area contributed by atoms with Gasteiger partial charge in [-0.15, -0.1) is 6.58 Å². The largest absolute Gasteiger partial charge is 0.347 e. The Labute approximate surface area is 130 Å². The van der Waals surface area contributed by atoms with Gasteiger partial charge in [0.15, 0.2) is 0 Å². The highest BCUT2D eigenvalue weighted by atomic mass is 16.1. The number of hydrogen-bond donors (Lipinski definition) is 2. The highest BCUT2D eigenvalue weighted by molar-refractivity contribution is 5.92. The van der Waals surface area contributed by atoms with E-state index >= 15 is 0 Å². The third kappa shape index (κ3) is 3.91. The molecule has 2 aromatic rings. The van der Waals surface area contributed by atoms with Crippen molar-refractivity contribution in [3.05, 3.63) is 59.4 Å². The van der Waals surface area contributed by atoms with E-state index in [1.165, 1.54) is 5.56 Å². The summed E-state index contributed by atoms with van der Waals surface area (Å²) in [6, 6.07) is 7.73. The van der Waals surface area contributed by atoms with E-state index < -0.39 is 0 Å². The van der Waals surface area contributed by atoms with Gasteiger partial charge in [0.25, 0.3) is 5.91 Å². The van der Waals surface area contributed by atoms with Crippen molar-refractivity contribution < 1.29 is 4.79 Å². The zero-order valence-electron chi connectivity index (χ0n) is 13.1. The minimum Gasteiger partial charge on any atom is -0.347 e. The van der Waals surface area contributed by atoms with Crippen LogP contribution in [0.2, 0.25) is 0 Å². The van der Waals surface area contributed by atoms with Gasteiger partial charge >= 0.3 is 0 Å². The van der Waals surface area contributed by atoms with Crippen molar-refractivity contribution in [2.75, 3.05) is 11.9 Å². The Bertz CT molecular complexity index is 710. The van der Waals surface area contributed by atoms with Crippen molar-refractivity contribution in [1.29, 1.82) is 0 Å². The Morgan fingerprint density at radius 2 is 2.00 bits per heavy atom. The third-order valence-corrected chi connectivity index (χ3v) is 3.12. The molecule has 0 aliphatic rings. The van der Waals surface area contributed by atoms with Crippen LogP contribution < -0.4 is 10.6 Å². The molecular weight excluding hydrogens is 276 g/mol. The molecular formula is C17H20N4O. The first-order chi connectivity index (χ1) is 10.5. The summed E-state index contributed by atoms with van der Waals surface area (Å²) in [4.78, 5) is 20.6. The molecule has 1 amide bonds. The predicted molar refractivity (Wildman–Crippen MR) is 88.5 cm³/mol. The smallest absolute Gasteiger partial charge is 0.270 e. The van der Waals surface area contributed by atoms with Gasteiger partial charge in [-0.3, -0.25) is 4.79 Å². The van der Waals surface area contributed by atoms with Crippen molar-refractivity contribution in [1.82, 2.24) is 15.3 Å². The molecule has 22 heavy (non-hydrogen) atoms. The molecule has 0 bridgehead atoms. The lowest BCUT2D eigenvalue weighted by molar-refractivity contribution is 0.0953. The second kappa shape index (κ2) is 6.85. The third-order valence-electron chi connectivity index (χ3n) is 3.12. The average Bonchev–Trinajstić information content (AvgIpc) is 2.47. The lowest BCUT2D eigenvalue weighted by Crippen LogP contribution is -2.24. The number of benzene rings is 1. The lowest BCUT2D eigenvalue weighted by atomic mass is 10.1. The van der Waals surface area contributed by atoms with Crippen LogP contribution in [-0.2, 0) is 0 Å². The van der Waals surface area contributed by atoms with Gasteiger partial charge in [-0.1, -0.05) is 23.8 Å². The zero-order valence-corrected chi connectivity index (χ0v) is 13.1. The quantitative estimate of drug-likeness (QED) is 0.832. The maximum atomic E-state index is 12.0. The van der Waals surface area contributed by atoms with Crippen molar-refractivity contribution in [2.24, 2.45) is 0 Å². The number of carbonyl (C=O) groups is 1. The summed E-state index contributed by atoms with van der Waals surface area (Å²) in [5, 5.41) is 5.88. The maximum absolute atomic E-state index is 12.0. The fourth-order valence-electron chi connectivity index (χ4n) is 2.07. The summed E-state index contributed by atoms with van der Waals surface area (Å²) in [6.07, 6.45) is 1.63. The lowest BCUT2D eigenvalue weighted by Gasteiger charge is -2.10. The van der Waals surface area contributed by atoms with Crippen LogP contribution in [0.4, 0.5) is 11.6 Å². The molecule has 0 atom stereocenters. The molecule has 0 aliphatic heterocycles. The van der Waals surface area contributed by atoms with Crippen LogP contribution in [0.15, 0.2) is 36.9 Å². The number of hydrogen-bond acceptors (Lipinski definition) is 4. The molecule has 2 N–H and O–H groups in total. The van der Waals surface area contributed by atoms with Gasteiger partial charge in [0.2, 0.25) is 5.95 Å². The van der Waals surface area contributed by atoms with Crippen LogP contribution in [0.5, 0.6) is 0 Å². The van der Waals surface area contributed by atoms with Crippen LogP contribution in [0.25, 0.3) is 0 Å². The molecule has 5 nitrogen and oxygen atoms in total. The number of carbonyl (C=O) groups excluding carboxylic acids is 1. The Balaban J connectivity index is 2.26. The van der Waals surface area contributed by atoms with E-state index in [4.69, 9.17) is 0 Å². The highest BCUT2D eigenvalue weighted by Gasteiger charge is 2.10. The van der Waals surface area contributed by atoms with E-state index in [9.17, 15) is 4.79 Å². The summed E-state index contributed by atoms with van der Waals surface area (Å²) in [6.45, 7) is 9.87. The van der Waals surface area contributed by atoms with E-state index in [0.29, 0.717) is 18.2 Å². The monoisotopic (exact) mass is 296 g/mol.